The van der Waals surface area contributed by atoms with Gasteiger partial charge in [0.1, 0.15) is 5.75 Å². The van der Waals surface area contributed by atoms with Crippen molar-refractivity contribution < 1.29 is 19.7 Å². The number of ether oxygens (including phenoxy) is 1. The summed E-state index contributed by atoms with van der Waals surface area (Å²) in [5.41, 5.74) is 0. The predicted octanol–water partition coefficient (Wildman–Crippen LogP) is 0.0506. The molecule has 114 valence electrons. The first-order valence-electron chi connectivity index (χ1n) is 7.30. The van der Waals surface area contributed by atoms with Gasteiger partial charge in [-0.15, -0.1) is 0 Å². The van der Waals surface area contributed by atoms with E-state index in [9.17, 15) is 15.0 Å². The molecule has 1 saturated carbocycles. The van der Waals surface area contributed by atoms with Crippen molar-refractivity contribution in [2.75, 3.05) is 19.7 Å². The minimum Gasteiger partial charge on any atom is -0.482 e. The summed E-state index contributed by atoms with van der Waals surface area (Å²) in [5, 5.41) is 19.4. The molecular formula is C15H20N2O4. The van der Waals surface area contributed by atoms with E-state index in [1.54, 1.807) is 29.4 Å². The van der Waals surface area contributed by atoms with E-state index in [0.29, 0.717) is 31.7 Å². The second-order valence-corrected chi connectivity index (χ2v) is 5.90. The number of aliphatic hydroxyl groups is 2. The van der Waals surface area contributed by atoms with Gasteiger partial charge in [-0.3, -0.25) is 9.78 Å². The first kappa shape index (κ1) is 14.3. The van der Waals surface area contributed by atoms with Crippen LogP contribution in [0, 0.1) is 11.8 Å². The number of nitrogens with zero attached hydrogens (tertiary/aromatic N) is 2. The van der Waals surface area contributed by atoms with Crippen molar-refractivity contribution in [2.45, 2.75) is 25.0 Å². The molecule has 21 heavy (non-hydrogen) atoms. The zero-order valence-electron chi connectivity index (χ0n) is 11.8. The molecule has 0 radical (unpaired) electrons. The lowest BCUT2D eigenvalue weighted by molar-refractivity contribution is -0.132. The molecule has 2 fully saturated rings. The maximum atomic E-state index is 12.2. The highest BCUT2D eigenvalue weighted by Crippen LogP contribution is 2.36. The van der Waals surface area contributed by atoms with Crippen LogP contribution in [0.25, 0.3) is 0 Å². The molecule has 3 rings (SSSR count). The number of amides is 1. The number of pyridine rings is 1. The van der Waals surface area contributed by atoms with Gasteiger partial charge < -0.3 is 19.8 Å². The van der Waals surface area contributed by atoms with Crippen LogP contribution < -0.4 is 4.74 Å². The number of rotatable bonds is 3. The van der Waals surface area contributed by atoms with Crippen LogP contribution in [-0.4, -0.2) is 57.9 Å². The standard InChI is InChI=1S/C15H20N2O4/c18-13-4-10-7-17(8-11(10)5-14(13)19)15(20)9-21-12-2-1-3-16-6-12/h1-3,6,10-11,13-14,18-19H,4-5,7-9H2/t10-,11+,13+,14-. The topological polar surface area (TPSA) is 82.9 Å². The maximum absolute atomic E-state index is 12.2. The van der Waals surface area contributed by atoms with E-state index in [1.165, 1.54) is 0 Å². The second-order valence-electron chi connectivity index (χ2n) is 5.90. The summed E-state index contributed by atoms with van der Waals surface area (Å²) in [6.07, 6.45) is 3.04. The molecule has 2 N–H and O–H groups in total. The molecule has 6 nitrogen and oxygen atoms in total. The minimum atomic E-state index is -0.659. The lowest BCUT2D eigenvalue weighted by atomic mass is 9.79. The second kappa shape index (κ2) is 5.99. The predicted molar refractivity (Wildman–Crippen MR) is 74.5 cm³/mol. The van der Waals surface area contributed by atoms with E-state index in [1.807, 2.05) is 0 Å². The number of fused-ring (bicyclic) bond motifs is 1. The average Bonchev–Trinajstić information content (AvgIpc) is 2.89. The van der Waals surface area contributed by atoms with Crippen LogP contribution in [0.3, 0.4) is 0 Å². The monoisotopic (exact) mass is 292 g/mol. The first-order chi connectivity index (χ1) is 10.1. The van der Waals surface area contributed by atoms with Crippen molar-refractivity contribution in [3.8, 4) is 5.75 Å². The van der Waals surface area contributed by atoms with Crippen LogP contribution in [0.5, 0.6) is 5.75 Å². The summed E-state index contributed by atoms with van der Waals surface area (Å²) < 4.78 is 5.42. The van der Waals surface area contributed by atoms with Crippen molar-refractivity contribution in [2.24, 2.45) is 11.8 Å². The van der Waals surface area contributed by atoms with Crippen molar-refractivity contribution in [1.82, 2.24) is 9.88 Å². The smallest absolute Gasteiger partial charge is 0.260 e. The van der Waals surface area contributed by atoms with Gasteiger partial charge in [-0.05, 0) is 36.8 Å². The normalized spacial score (nSPS) is 31.8. The van der Waals surface area contributed by atoms with Gasteiger partial charge in [-0.25, -0.2) is 0 Å². The van der Waals surface area contributed by atoms with Crippen molar-refractivity contribution in [3.63, 3.8) is 0 Å². The lowest BCUT2D eigenvalue weighted by Gasteiger charge is -2.31. The van der Waals surface area contributed by atoms with Gasteiger partial charge in [0.25, 0.3) is 5.91 Å². The molecule has 1 aliphatic heterocycles. The fourth-order valence-corrected chi connectivity index (χ4v) is 3.28. The quantitative estimate of drug-likeness (QED) is 0.822. The zero-order chi connectivity index (χ0) is 14.8. The summed E-state index contributed by atoms with van der Waals surface area (Å²) in [4.78, 5) is 17.9. The van der Waals surface area contributed by atoms with Crippen LogP contribution in [0.2, 0.25) is 0 Å². The molecule has 2 aliphatic rings. The SMILES string of the molecule is O=C(COc1cccnc1)N1C[C@H]2C[C@H](O)[C@H](O)C[C@H]2C1. The zero-order valence-corrected chi connectivity index (χ0v) is 11.8. The summed E-state index contributed by atoms with van der Waals surface area (Å²) in [5.74, 6) is 1.09. The molecule has 1 aromatic heterocycles. The van der Waals surface area contributed by atoms with Gasteiger partial charge >= 0.3 is 0 Å². The molecule has 0 unspecified atom stereocenters. The van der Waals surface area contributed by atoms with Crippen LogP contribution in [0.15, 0.2) is 24.5 Å². The first-order valence-corrected chi connectivity index (χ1v) is 7.30. The number of likely N-dealkylation sites (tertiary alicyclic amines) is 1. The molecule has 1 aliphatic carbocycles. The Morgan fingerprint density at radius 1 is 1.29 bits per heavy atom. The molecular weight excluding hydrogens is 272 g/mol. The number of carbonyl (C=O) groups is 1. The third-order valence-corrected chi connectivity index (χ3v) is 4.46. The molecule has 1 amide bonds. The van der Waals surface area contributed by atoms with Gasteiger partial charge in [0.2, 0.25) is 0 Å². The highest BCUT2D eigenvalue weighted by atomic mass is 16.5. The Hall–Kier alpha value is -1.66. The van der Waals surface area contributed by atoms with E-state index in [4.69, 9.17) is 4.74 Å². The van der Waals surface area contributed by atoms with Gasteiger partial charge in [0, 0.05) is 19.3 Å². The molecule has 1 aromatic rings. The van der Waals surface area contributed by atoms with Crippen LogP contribution in [-0.2, 0) is 4.79 Å². The van der Waals surface area contributed by atoms with Crippen molar-refractivity contribution in [3.05, 3.63) is 24.5 Å². The Balaban J connectivity index is 1.53. The van der Waals surface area contributed by atoms with Crippen molar-refractivity contribution >= 4 is 5.91 Å². The Kier molecular flexibility index (Phi) is 4.07. The number of hydrogen-bond donors (Lipinski definition) is 2. The molecule has 0 bridgehead atoms. The number of aliphatic hydroxyl groups excluding tert-OH is 2. The molecule has 4 atom stereocenters. The molecule has 1 saturated heterocycles. The van der Waals surface area contributed by atoms with Gasteiger partial charge in [0.15, 0.2) is 6.61 Å². The van der Waals surface area contributed by atoms with Crippen molar-refractivity contribution in [1.29, 1.82) is 0 Å². The summed E-state index contributed by atoms with van der Waals surface area (Å²) in [7, 11) is 0. The number of carbonyl (C=O) groups excluding carboxylic acids is 1. The van der Waals surface area contributed by atoms with Crippen LogP contribution in [0.1, 0.15) is 12.8 Å². The molecule has 6 heteroatoms. The summed E-state index contributed by atoms with van der Waals surface area (Å²) >= 11 is 0. The van der Waals surface area contributed by atoms with E-state index >= 15 is 0 Å². The van der Waals surface area contributed by atoms with Gasteiger partial charge in [0.05, 0.1) is 18.4 Å². The van der Waals surface area contributed by atoms with Gasteiger partial charge in [-0.1, -0.05) is 0 Å². The van der Waals surface area contributed by atoms with E-state index in [2.05, 4.69) is 4.98 Å². The van der Waals surface area contributed by atoms with E-state index < -0.39 is 12.2 Å². The lowest BCUT2D eigenvalue weighted by Crippen LogP contribution is -2.38. The fraction of sp³-hybridized carbons (Fsp3) is 0.600. The fourth-order valence-electron chi connectivity index (χ4n) is 3.28. The van der Waals surface area contributed by atoms with E-state index in [-0.39, 0.29) is 24.3 Å². The Labute approximate surface area is 123 Å². The average molecular weight is 292 g/mol. The third kappa shape index (κ3) is 3.16. The Bertz CT molecular complexity index is 478. The largest absolute Gasteiger partial charge is 0.482 e. The third-order valence-electron chi connectivity index (χ3n) is 4.46. The van der Waals surface area contributed by atoms with Gasteiger partial charge in [-0.2, -0.15) is 0 Å². The minimum absolute atomic E-state index is 0.00373. The summed E-state index contributed by atoms with van der Waals surface area (Å²) in [6, 6.07) is 3.52. The highest BCUT2D eigenvalue weighted by Gasteiger charge is 2.42. The molecule has 0 aromatic carbocycles. The Morgan fingerprint density at radius 2 is 1.95 bits per heavy atom. The maximum Gasteiger partial charge on any atom is 0.260 e. The highest BCUT2D eigenvalue weighted by molar-refractivity contribution is 5.78. The number of aromatic nitrogens is 1. The van der Waals surface area contributed by atoms with Crippen LogP contribution in [0.4, 0.5) is 0 Å². The molecule has 2 heterocycles. The van der Waals surface area contributed by atoms with Crippen LogP contribution >= 0.6 is 0 Å². The summed E-state index contributed by atoms with van der Waals surface area (Å²) in [6.45, 7) is 1.28. The molecule has 0 spiro atoms. The number of hydrogen-bond acceptors (Lipinski definition) is 5. The Morgan fingerprint density at radius 3 is 2.52 bits per heavy atom. The van der Waals surface area contributed by atoms with E-state index in [0.717, 1.165) is 0 Å².